The van der Waals surface area contributed by atoms with Gasteiger partial charge in [0.05, 0.1) is 5.56 Å². The van der Waals surface area contributed by atoms with Crippen LogP contribution in [0, 0.1) is 5.41 Å². The minimum atomic E-state index is -4.42. The highest BCUT2D eigenvalue weighted by atomic mass is 19.4. The molecule has 0 radical (unpaired) electrons. The molecular formula is C14H16F3N3O. The Kier molecular flexibility index (Phi) is 4.50. The molecule has 2 rings (SSSR count). The van der Waals surface area contributed by atoms with E-state index in [-0.39, 0.29) is 11.5 Å². The monoisotopic (exact) mass is 299 g/mol. The summed E-state index contributed by atoms with van der Waals surface area (Å²) in [4.78, 5) is 13.7. The Balaban J connectivity index is 1.98. The van der Waals surface area contributed by atoms with Crippen LogP contribution in [-0.2, 0) is 6.18 Å². The normalized spacial score (nSPS) is 15.7. The van der Waals surface area contributed by atoms with Crippen molar-refractivity contribution in [2.24, 2.45) is 0 Å². The van der Waals surface area contributed by atoms with Crippen LogP contribution < -0.4 is 5.32 Å². The summed E-state index contributed by atoms with van der Waals surface area (Å²) in [5.74, 6) is -0.570. The van der Waals surface area contributed by atoms with E-state index in [0.29, 0.717) is 13.1 Å². The first-order chi connectivity index (χ1) is 9.88. The summed E-state index contributed by atoms with van der Waals surface area (Å²) in [6.07, 6.45) is -1.37. The summed E-state index contributed by atoms with van der Waals surface area (Å²) in [7, 11) is 0. The Morgan fingerprint density at radius 2 is 1.67 bits per heavy atom. The van der Waals surface area contributed by atoms with Crippen LogP contribution in [0.2, 0.25) is 0 Å². The lowest BCUT2D eigenvalue weighted by Gasteiger charge is -2.28. The molecule has 4 nitrogen and oxygen atoms in total. The zero-order valence-electron chi connectivity index (χ0n) is 11.3. The van der Waals surface area contributed by atoms with Crippen LogP contribution in [0.25, 0.3) is 0 Å². The summed E-state index contributed by atoms with van der Waals surface area (Å²) in [5.41, 5.74) is -0.699. The number of nitrogens with zero attached hydrogens (tertiary/aromatic N) is 1. The number of halogens is 3. The third-order valence-corrected chi connectivity index (χ3v) is 3.38. The van der Waals surface area contributed by atoms with Crippen LogP contribution in [0.5, 0.6) is 0 Å². The number of benzene rings is 1. The largest absolute Gasteiger partial charge is 0.416 e. The second-order valence-corrected chi connectivity index (χ2v) is 4.93. The van der Waals surface area contributed by atoms with E-state index < -0.39 is 17.6 Å². The molecule has 1 fully saturated rings. The number of nitrogens with one attached hydrogen (secondary N) is 2. The van der Waals surface area contributed by atoms with Crippen molar-refractivity contribution in [2.45, 2.75) is 25.4 Å². The van der Waals surface area contributed by atoms with Gasteiger partial charge in [-0.3, -0.25) is 15.5 Å². The number of alkyl halides is 3. The molecule has 1 aliphatic rings. The van der Waals surface area contributed by atoms with Crippen molar-refractivity contribution >= 4 is 11.9 Å². The van der Waals surface area contributed by atoms with E-state index >= 15 is 0 Å². The molecule has 1 aliphatic heterocycles. The smallest absolute Gasteiger partial charge is 0.343 e. The molecule has 0 unspecified atom stereocenters. The van der Waals surface area contributed by atoms with Crippen LogP contribution in [0.1, 0.15) is 35.2 Å². The SMILES string of the molecule is N=C(NC(=O)c1ccc(C(F)(F)F)cc1)N1CCCCC1. The molecule has 0 spiro atoms. The summed E-state index contributed by atoms with van der Waals surface area (Å²) < 4.78 is 37.3. The molecule has 0 atom stereocenters. The van der Waals surface area contributed by atoms with E-state index in [4.69, 9.17) is 5.41 Å². The lowest BCUT2D eigenvalue weighted by molar-refractivity contribution is -0.137. The maximum atomic E-state index is 12.4. The maximum Gasteiger partial charge on any atom is 0.416 e. The van der Waals surface area contributed by atoms with E-state index in [2.05, 4.69) is 5.32 Å². The number of likely N-dealkylation sites (tertiary alicyclic amines) is 1. The summed E-state index contributed by atoms with van der Waals surface area (Å²) in [6, 6.07) is 3.95. The lowest BCUT2D eigenvalue weighted by Crippen LogP contribution is -2.45. The van der Waals surface area contributed by atoms with Crippen LogP contribution >= 0.6 is 0 Å². The predicted octanol–water partition coefficient (Wildman–Crippen LogP) is 2.86. The van der Waals surface area contributed by atoms with E-state index in [0.717, 1.165) is 43.5 Å². The number of amides is 1. The Bertz CT molecular complexity index is 519. The van der Waals surface area contributed by atoms with Gasteiger partial charge in [-0.05, 0) is 43.5 Å². The number of hydrogen-bond acceptors (Lipinski definition) is 2. The summed E-state index contributed by atoms with van der Waals surface area (Å²) in [5, 5.41) is 10.2. The van der Waals surface area contributed by atoms with Crippen molar-refractivity contribution in [3.8, 4) is 0 Å². The van der Waals surface area contributed by atoms with E-state index in [1.54, 1.807) is 4.90 Å². The average molecular weight is 299 g/mol. The number of rotatable bonds is 1. The highest BCUT2D eigenvalue weighted by Crippen LogP contribution is 2.29. The van der Waals surface area contributed by atoms with Crippen molar-refractivity contribution in [1.82, 2.24) is 10.2 Å². The van der Waals surface area contributed by atoms with Gasteiger partial charge in [0.15, 0.2) is 5.96 Å². The van der Waals surface area contributed by atoms with E-state index in [1.165, 1.54) is 0 Å². The third-order valence-electron chi connectivity index (χ3n) is 3.38. The minimum Gasteiger partial charge on any atom is -0.343 e. The first-order valence-corrected chi connectivity index (χ1v) is 6.70. The Hall–Kier alpha value is -2.05. The van der Waals surface area contributed by atoms with Crippen LogP contribution in [0.15, 0.2) is 24.3 Å². The number of piperidine rings is 1. The highest BCUT2D eigenvalue weighted by Gasteiger charge is 2.30. The van der Waals surface area contributed by atoms with Gasteiger partial charge in [0.2, 0.25) is 0 Å². The van der Waals surface area contributed by atoms with Crippen molar-refractivity contribution < 1.29 is 18.0 Å². The number of carbonyl (C=O) groups excluding carboxylic acids is 1. The molecule has 7 heteroatoms. The fourth-order valence-electron chi connectivity index (χ4n) is 2.19. The molecule has 0 bridgehead atoms. The molecule has 0 aromatic heterocycles. The highest BCUT2D eigenvalue weighted by molar-refractivity contribution is 6.04. The van der Waals surface area contributed by atoms with Gasteiger partial charge in [0.1, 0.15) is 0 Å². The summed E-state index contributed by atoms with van der Waals surface area (Å²) in [6.45, 7) is 1.43. The fourth-order valence-corrected chi connectivity index (χ4v) is 2.19. The topological polar surface area (TPSA) is 56.2 Å². The second-order valence-electron chi connectivity index (χ2n) is 4.93. The van der Waals surface area contributed by atoms with Gasteiger partial charge in [-0.2, -0.15) is 13.2 Å². The first-order valence-electron chi connectivity index (χ1n) is 6.70. The third kappa shape index (κ3) is 3.96. The molecule has 2 N–H and O–H groups in total. The van der Waals surface area contributed by atoms with Gasteiger partial charge < -0.3 is 4.90 Å². The van der Waals surface area contributed by atoms with Gasteiger partial charge in [0, 0.05) is 18.7 Å². The van der Waals surface area contributed by atoms with Crippen LogP contribution in [-0.4, -0.2) is 29.9 Å². The molecular weight excluding hydrogens is 283 g/mol. The fraction of sp³-hybridized carbons (Fsp3) is 0.429. The number of carbonyl (C=O) groups is 1. The maximum absolute atomic E-state index is 12.4. The van der Waals surface area contributed by atoms with Crippen molar-refractivity contribution in [2.75, 3.05) is 13.1 Å². The van der Waals surface area contributed by atoms with Gasteiger partial charge in [-0.15, -0.1) is 0 Å². The van der Waals surface area contributed by atoms with Crippen molar-refractivity contribution in [3.63, 3.8) is 0 Å². The first kappa shape index (κ1) is 15.3. The molecule has 1 amide bonds. The average Bonchev–Trinajstić information content (AvgIpc) is 2.47. The molecule has 1 aromatic carbocycles. The second kappa shape index (κ2) is 6.15. The zero-order chi connectivity index (χ0) is 15.5. The molecule has 0 aliphatic carbocycles. The molecule has 1 aromatic rings. The van der Waals surface area contributed by atoms with Crippen LogP contribution in [0.3, 0.4) is 0 Å². The van der Waals surface area contributed by atoms with Crippen molar-refractivity contribution in [3.05, 3.63) is 35.4 Å². The Morgan fingerprint density at radius 3 is 2.19 bits per heavy atom. The quantitative estimate of drug-likeness (QED) is 0.619. The number of guanidine groups is 1. The Morgan fingerprint density at radius 1 is 1.10 bits per heavy atom. The van der Waals surface area contributed by atoms with Gasteiger partial charge >= 0.3 is 6.18 Å². The van der Waals surface area contributed by atoms with E-state index in [1.807, 2.05) is 0 Å². The predicted molar refractivity (Wildman–Crippen MR) is 72.1 cm³/mol. The van der Waals surface area contributed by atoms with Gasteiger partial charge in [-0.1, -0.05) is 0 Å². The molecule has 114 valence electrons. The Labute approximate surface area is 120 Å². The van der Waals surface area contributed by atoms with E-state index in [9.17, 15) is 18.0 Å². The number of hydrogen-bond donors (Lipinski definition) is 2. The summed E-state index contributed by atoms with van der Waals surface area (Å²) >= 11 is 0. The van der Waals surface area contributed by atoms with Crippen LogP contribution in [0.4, 0.5) is 13.2 Å². The standard InChI is InChI=1S/C14H16F3N3O/c15-14(16,17)11-6-4-10(5-7-11)12(21)19-13(18)20-8-2-1-3-9-20/h4-7H,1-3,8-9H2,(H2,18,19,21). The molecule has 0 saturated carbocycles. The van der Waals surface area contributed by atoms with Crippen molar-refractivity contribution in [1.29, 1.82) is 5.41 Å². The molecule has 21 heavy (non-hydrogen) atoms. The zero-order valence-corrected chi connectivity index (χ0v) is 11.3. The van der Waals surface area contributed by atoms with Gasteiger partial charge in [-0.25, -0.2) is 0 Å². The molecule has 1 saturated heterocycles. The lowest BCUT2D eigenvalue weighted by atomic mass is 10.1. The van der Waals surface area contributed by atoms with Gasteiger partial charge in [0.25, 0.3) is 5.91 Å². The molecule has 1 heterocycles. The minimum absolute atomic E-state index is 0.000372.